The highest BCUT2D eigenvalue weighted by molar-refractivity contribution is 5.58. The lowest BCUT2D eigenvalue weighted by Crippen LogP contribution is -2.55. The molecule has 2 unspecified atom stereocenters. The molecule has 0 spiro atoms. The molecule has 0 bridgehead atoms. The molecule has 3 heterocycles. The molecule has 29 heavy (non-hydrogen) atoms. The van der Waals surface area contributed by atoms with Crippen LogP contribution in [0.15, 0.2) is 36.7 Å². The highest BCUT2D eigenvalue weighted by atomic mass is 19.4. The topological polar surface area (TPSA) is 61.4 Å². The molecule has 1 aromatic carbocycles. The number of para-hydroxylation sites is 1. The van der Waals surface area contributed by atoms with Gasteiger partial charge >= 0.3 is 6.18 Å². The van der Waals surface area contributed by atoms with Crippen molar-refractivity contribution in [3.63, 3.8) is 0 Å². The van der Waals surface area contributed by atoms with Gasteiger partial charge in [-0.05, 0) is 18.1 Å². The average molecular weight is 405 g/mol. The van der Waals surface area contributed by atoms with E-state index in [1.165, 1.54) is 5.56 Å². The SMILES string of the molecule is O=CCC(C1Cc2ccccc2N1)N1CCN(c2ncc(C(F)(F)F)cn2)CC1. The van der Waals surface area contributed by atoms with E-state index in [1.54, 1.807) is 0 Å². The molecule has 2 atom stereocenters. The van der Waals surface area contributed by atoms with E-state index in [1.807, 2.05) is 23.1 Å². The Hall–Kier alpha value is -2.68. The first-order valence-electron chi connectivity index (χ1n) is 9.62. The Morgan fingerprint density at radius 1 is 1.14 bits per heavy atom. The van der Waals surface area contributed by atoms with Crippen LogP contribution in [0.2, 0.25) is 0 Å². The molecule has 1 N–H and O–H groups in total. The van der Waals surface area contributed by atoms with Gasteiger partial charge in [0.05, 0.1) is 5.56 Å². The van der Waals surface area contributed by atoms with E-state index in [2.05, 4.69) is 26.3 Å². The summed E-state index contributed by atoms with van der Waals surface area (Å²) in [4.78, 5) is 23.2. The predicted octanol–water partition coefficient (Wildman–Crippen LogP) is 2.61. The molecule has 1 fully saturated rings. The number of halogens is 3. The molecule has 154 valence electrons. The summed E-state index contributed by atoms with van der Waals surface area (Å²) in [5.41, 5.74) is 1.52. The van der Waals surface area contributed by atoms with Crippen molar-refractivity contribution in [2.24, 2.45) is 0 Å². The Balaban J connectivity index is 1.39. The normalized spacial score (nSPS) is 20.8. The Morgan fingerprint density at radius 2 is 1.83 bits per heavy atom. The number of piperazine rings is 1. The number of aromatic nitrogens is 2. The Kier molecular flexibility index (Phi) is 5.40. The smallest absolute Gasteiger partial charge is 0.380 e. The number of carbonyl (C=O) groups is 1. The van der Waals surface area contributed by atoms with E-state index < -0.39 is 11.7 Å². The van der Waals surface area contributed by atoms with Gasteiger partial charge in [-0.25, -0.2) is 9.97 Å². The summed E-state index contributed by atoms with van der Waals surface area (Å²) in [7, 11) is 0. The zero-order valence-electron chi connectivity index (χ0n) is 15.8. The number of hydrogen-bond donors (Lipinski definition) is 1. The third kappa shape index (κ3) is 4.19. The summed E-state index contributed by atoms with van der Waals surface area (Å²) < 4.78 is 38.1. The van der Waals surface area contributed by atoms with Gasteiger partial charge in [0.1, 0.15) is 6.29 Å². The number of carbonyl (C=O) groups excluding carboxylic acids is 1. The second kappa shape index (κ2) is 7.98. The minimum absolute atomic E-state index is 0.0653. The zero-order valence-corrected chi connectivity index (χ0v) is 15.8. The van der Waals surface area contributed by atoms with E-state index in [0.717, 1.165) is 30.8 Å². The van der Waals surface area contributed by atoms with Gasteiger partial charge in [-0.15, -0.1) is 0 Å². The van der Waals surface area contributed by atoms with Gasteiger partial charge in [0, 0.05) is 62.8 Å². The van der Waals surface area contributed by atoms with Crippen LogP contribution in [0.4, 0.5) is 24.8 Å². The van der Waals surface area contributed by atoms with E-state index in [4.69, 9.17) is 0 Å². The van der Waals surface area contributed by atoms with Crippen LogP contribution in [0.1, 0.15) is 17.5 Å². The summed E-state index contributed by atoms with van der Waals surface area (Å²) in [6.07, 6.45) is -0.529. The second-order valence-corrected chi connectivity index (χ2v) is 7.37. The number of nitrogens with one attached hydrogen (secondary N) is 1. The number of rotatable bonds is 5. The van der Waals surface area contributed by atoms with E-state index in [9.17, 15) is 18.0 Å². The summed E-state index contributed by atoms with van der Waals surface area (Å²) in [6.45, 7) is 2.58. The Morgan fingerprint density at radius 3 is 2.45 bits per heavy atom. The van der Waals surface area contributed by atoms with Gasteiger partial charge in [-0.1, -0.05) is 18.2 Å². The quantitative estimate of drug-likeness (QED) is 0.772. The number of nitrogens with zero attached hydrogens (tertiary/aromatic N) is 4. The summed E-state index contributed by atoms with van der Waals surface area (Å²) in [6, 6.07) is 8.38. The molecule has 1 aromatic heterocycles. The molecule has 2 aromatic rings. The van der Waals surface area contributed by atoms with E-state index in [0.29, 0.717) is 38.5 Å². The first-order valence-corrected chi connectivity index (χ1v) is 9.62. The molecule has 0 aliphatic carbocycles. The summed E-state index contributed by atoms with van der Waals surface area (Å²) in [5, 5.41) is 3.53. The lowest BCUT2D eigenvalue weighted by atomic mass is 9.99. The number of aldehydes is 1. The maximum Gasteiger partial charge on any atom is 0.419 e. The van der Waals surface area contributed by atoms with Crippen molar-refractivity contribution in [2.75, 3.05) is 36.4 Å². The molecular formula is C20H22F3N5O. The third-order valence-electron chi connectivity index (χ3n) is 5.63. The van der Waals surface area contributed by atoms with Crippen LogP contribution in [0.5, 0.6) is 0 Å². The predicted molar refractivity (Wildman–Crippen MR) is 103 cm³/mol. The summed E-state index contributed by atoms with van der Waals surface area (Å²) >= 11 is 0. The fourth-order valence-electron chi connectivity index (χ4n) is 4.11. The fraction of sp³-hybridized carbons (Fsp3) is 0.450. The maximum atomic E-state index is 12.7. The van der Waals surface area contributed by atoms with Gasteiger partial charge in [0.15, 0.2) is 0 Å². The van der Waals surface area contributed by atoms with Crippen LogP contribution in [0.3, 0.4) is 0 Å². The average Bonchev–Trinajstić information content (AvgIpc) is 3.15. The molecule has 1 saturated heterocycles. The van der Waals surface area contributed by atoms with Crippen LogP contribution in [0, 0.1) is 0 Å². The van der Waals surface area contributed by atoms with Crippen molar-refractivity contribution in [3.05, 3.63) is 47.8 Å². The van der Waals surface area contributed by atoms with E-state index in [-0.39, 0.29) is 12.1 Å². The van der Waals surface area contributed by atoms with Gasteiger partial charge in [0.2, 0.25) is 5.95 Å². The fourth-order valence-corrected chi connectivity index (χ4v) is 4.11. The molecule has 2 aliphatic rings. The Bertz CT molecular complexity index is 825. The van der Waals surface area contributed by atoms with Crippen molar-refractivity contribution in [1.82, 2.24) is 14.9 Å². The van der Waals surface area contributed by atoms with Crippen LogP contribution >= 0.6 is 0 Å². The lowest BCUT2D eigenvalue weighted by molar-refractivity contribution is -0.138. The standard InChI is InChI=1S/C20H22F3N5O/c21-20(22,23)15-12-24-19(25-13-15)28-8-6-27(7-9-28)18(5-10-29)17-11-14-3-1-2-4-16(14)26-17/h1-4,10,12-13,17-18,26H,5-9,11H2. The minimum Gasteiger partial charge on any atom is -0.380 e. The van der Waals surface area contributed by atoms with Crippen LogP contribution in [0.25, 0.3) is 0 Å². The van der Waals surface area contributed by atoms with Crippen molar-refractivity contribution in [2.45, 2.75) is 31.1 Å². The first kappa shape index (κ1) is 19.6. The molecule has 9 heteroatoms. The van der Waals surface area contributed by atoms with Crippen LogP contribution in [-0.2, 0) is 17.4 Å². The molecule has 4 rings (SSSR count). The number of alkyl halides is 3. The second-order valence-electron chi connectivity index (χ2n) is 7.37. The highest BCUT2D eigenvalue weighted by Crippen LogP contribution is 2.30. The molecule has 0 saturated carbocycles. The molecule has 0 amide bonds. The number of benzene rings is 1. The Labute approximate surface area is 166 Å². The largest absolute Gasteiger partial charge is 0.419 e. The van der Waals surface area contributed by atoms with Gasteiger partial charge in [0.25, 0.3) is 0 Å². The van der Waals surface area contributed by atoms with Gasteiger partial charge < -0.3 is 15.0 Å². The molecule has 6 nitrogen and oxygen atoms in total. The van der Waals surface area contributed by atoms with Gasteiger partial charge in [-0.2, -0.15) is 13.2 Å². The van der Waals surface area contributed by atoms with E-state index >= 15 is 0 Å². The minimum atomic E-state index is -4.44. The molecule has 2 aliphatic heterocycles. The van der Waals surface area contributed by atoms with Crippen LogP contribution < -0.4 is 10.2 Å². The van der Waals surface area contributed by atoms with Gasteiger partial charge in [-0.3, -0.25) is 4.90 Å². The molecular weight excluding hydrogens is 383 g/mol. The lowest BCUT2D eigenvalue weighted by Gasteiger charge is -2.41. The molecule has 0 radical (unpaired) electrons. The highest BCUT2D eigenvalue weighted by Gasteiger charge is 2.34. The van der Waals surface area contributed by atoms with Crippen molar-refractivity contribution >= 4 is 17.9 Å². The number of anilines is 2. The van der Waals surface area contributed by atoms with Crippen LogP contribution in [-0.4, -0.2) is 59.4 Å². The zero-order chi connectivity index (χ0) is 20.4. The first-order chi connectivity index (χ1) is 14.0. The third-order valence-corrected chi connectivity index (χ3v) is 5.63. The monoisotopic (exact) mass is 405 g/mol. The maximum absolute atomic E-state index is 12.7. The number of fused-ring (bicyclic) bond motifs is 1. The van der Waals surface area contributed by atoms with Crippen molar-refractivity contribution in [1.29, 1.82) is 0 Å². The van der Waals surface area contributed by atoms with Crippen molar-refractivity contribution in [3.8, 4) is 0 Å². The van der Waals surface area contributed by atoms with Crippen molar-refractivity contribution < 1.29 is 18.0 Å². The number of hydrogen-bond acceptors (Lipinski definition) is 6. The summed E-state index contributed by atoms with van der Waals surface area (Å²) in [5.74, 6) is 0.302.